The van der Waals surface area contributed by atoms with Gasteiger partial charge in [0.05, 0.1) is 19.6 Å². The zero-order valence-corrected chi connectivity index (χ0v) is 8.80. The molecule has 0 heterocycles. The van der Waals surface area contributed by atoms with E-state index in [0.717, 1.165) is 5.56 Å². The van der Waals surface area contributed by atoms with Crippen molar-refractivity contribution < 1.29 is 14.6 Å². The summed E-state index contributed by atoms with van der Waals surface area (Å²) in [5.41, 5.74) is 0.843. The molecule has 4 heteroatoms. The zero-order valence-electron chi connectivity index (χ0n) is 8.80. The average molecular weight is 217 g/mol. The van der Waals surface area contributed by atoms with Crippen molar-refractivity contribution in [3.8, 4) is 11.8 Å². The largest absolute Gasteiger partial charge is 0.496 e. The number of carboxylic acids is 1. The molecule has 1 aromatic rings. The Bertz CT molecular complexity index is 458. The fourth-order valence-corrected chi connectivity index (χ4v) is 1.24. The van der Waals surface area contributed by atoms with Gasteiger partial charge in [-0.05, 0) is 17.7 Å². The summed E-state index contributed by atoms with van der Waals surface area (Å²) < 4.78 is 4.93. The van der Waals surface area contributed by atoms with Crippen molar-refractivity contribution in [2.45, 2.75) is 6.42 Å². The summed E-state index contributed by atoms with van der Waals surface area (Å²) in [6, 6.07) is 6.81. The molecule has 1 rings (SSSR count). The molecule has 0 saturated carbocycles. The van der Waals surface area contributed by atoms with Crippen molar-refractivity contribution in [1.29, 1.82) is 5.26 Å². The van der Waals surface area contributed by atoms with E-state index in [1.54, 1.807) is 24.3 Å². The van der Waals surface area contributed by atoms with Gasteiger partial charge in [-0.3, -0.25) is 0 Å². The normalized spacial score (nSPS) is 10.0. The molecular weight excluding hydrogens is 206 g/mol. The molecule has 0 bridgehead atoms. The van der Waals surface area contributed by atoms with Crippen molar-refractivity contribution in [3.63, 3.8) is 0 Å². The first-order chi connectivity index (χ1) is 7.69. The molecule has 0 radical (unpaired) electrons. The Morgan fingerprint density at radius 3 is 2.94 bits per heavy atom. The van der Waals surface area contributed by atoms with Crippen LogP contribution in [0.1, 0.15) is 22.3 Å². The Morgan fingerprint density at radius 1 is 1.62 bits per heavy atom. The lowest BCUT2D eigenvalue weighted by atomic mass is 10.1. The van der Waals surface area contributed by atoms with Gasteiger partial charge >= 0.3 is 5.97 Å². The number of aromatic carboxylic acids is 1. The summed E-state index contributed by atoms with van der Waals surface area (Å²) in [5, 5.41) is 17.3. The summed E-state index contributed by atoms with van der Waals surface area (Å²) in [5.74, 6) is -0.711. The summed E-state index contributed by atoms with van der Waals surface area (Å²) in [6.45, 7) is 0. The monoisotopic (exact) mass is 217 g/mol. The minimum Gasteiger partial charge on any atom is -0.496 e. The second-order valence-corrected chi connectivity index (χ2v) is 3.03. The number of nitrogens with zero attached hydrogens (tertiary/aromatic N) is 1. The first kappa shape index (κ1) is 11.8. The smallest absolute Gasteiger partial charge is 0.339 e. The van der Waals surface area contributed by atoms with Crippen molar-refractivity contribution in [2.75, 3.05) is 7.11 Å². The third-order valence-electron chi connectivity index (χ3n) is 1.97. The third kappa shape index (κ3) is 2.85. The van der Waals surface area contributed by atoms with E-state index in [4.69, 9.17) is 15.1 Å². The van der Waals surface area contributed by atoms with Gasteiger partial charge in [0, 0.05) is 0 Å². The molecule has 1 aromatic carbocycles. The van der Waals surface area contributed by atoms with Crippen molar-refractivity contribution in [3.05, 3.63) is 35.4 Å². The second kappa shape index (κ2) is 5.56. The van der Waals surface area contributed by atoms with Gasteiger partial charge in [-0.15, -0.1) is 0 Å². The van der Waals surface area contributed by atoms with Crippen molar-refractivity contribution >= 4 is 12.0 Å². The molecule has 0 fully saturated rings. The van der Waals surface area contributed by atoms with Gasteiger partial charge in [0.1, 0.15) is 11.3 Å². The Balaban J connectivity index is 3.03. The first-order valence-corrected chi connectivity index (χ1v) is 4.64. The lowest BCUT2D eigenvalue weighted by Crippen LogP contribution is -2.00. The number of carbonyl (C=O) groups is 1. The highest BCUT2D eigenvalue weighted by Crippen LogP contribution is 2.20. The summed E-state index contributed by atoms with van der Waals surface area (Å²) >= 11 is 0. The van der Waals surface area contributed by atoms with Crippen LogP contribution in [0.3, 0.4) is 0 Å². The first-order valence-electron chi connectivity index (χ1n) is 4.64. The van der Waals surface area contributed by atoms with Crippen LogP contribution in [0.4, 0.5) is 0 Å². The summed E-state index contributed by atoms with van der Waals surface area (Å²) in [7, 11) is 1.42. The average Bonchev–Trinajstić information content (AvgIpc) is 2.29. The standard InChI is InChI=1S/C12H11NO3/c1-16-11-6-5-9(4-2-3-7-13)8-10(11)12(14)15/h2,4-6,8H,3H2,1H3,(H,14,15). The minimum atomic E-state index is -1.03. The van der Waals surface area contributed by atoms with Crippen LogP contribution in [-0.2, 0) is 0 Å². The van der Waals surface area contributed by atoms with Gasteiger partial charge < -0.3 is 9.84 Å². The van der Waals surface area contributed by atoms with Gasteiger partial charge in [-0.1, -0.05) is 18.2 Å². The van der Waals surface area contributed by atoms with Crippen molar-refractivity contribution in [2.24, 2.45) is 0 Å². The predicted molar refractivity (Wildman–Crippen MR) is 59.2 cm³/mol. The van der Waals surface area contributed by atoms with E-state index in [2.05, 4.69) is 0 Å². The zero-order chi connectivity index (χ0) is 12.0. The highest BCUT2D eigenvalue weighted by Gasteiger charge is 2.10. The van der Waals surface area contributed by atoms with E-state index in [0.29, 0.717) is 12.2 Å². The number of benzene rings is 1. The number of ether oxygens (including phenoxy) is 1. The van der Waals surface area contributed by atoms with E-state index in [-0.39, 0.29) is 5.56 Å². The maximum atomic E-state index is 10.9. The van der Waals surface area contributed by atoms with Crippen LogP contribution >= 0.6 is 0 Å². The Morgan fingerprint density at radius 2 is 2.38 bits per heavy atom. The molecule has 4 nitrogen and oxygen atoms in total. The van der Waals surface area contributed by atoms with Crippen LogP contribution in [0.2, 0.25) is 0 Å². The quantitative estimate of drug-likeness (QED) is 0.840. The van der Waals surface area contributed by atoms with Gasteiger partial charge in [-0.2, -0.15) is 5.26 Å². The Hall–Kier alpha value is -2.28. The molecule has 0 spiro atoms. The molecule has 0 amide bonds. The number of hydrogen-bond donors (Lipinski definition) is 1. The van der Waals surface area contributed by atoms with Gasteiger partial charge in [0.2, 0.25) is 0 Å². The molecule has 1 N–H and O–H groups in total. The molecule has 0 aliphatic rings. The van der Waals surface area contributed by atoms with Crippen LogP contribution in [0.5, 0.6) is 5.75 Å². The highest BCUT2D eigenvalue weighted by molar-refractivity contribution is 5.91. The van der Waals surface area contributed by atoms with E-state index in [9.17, 15) is 4.79 Å². The highest BCUT2D eigenvalue weighted by atomic mass is 16.5. The SMILES string of the molecule is COc1ccc(C=CCC#N)cc1C(=O)O. The maximum absolute atomic E-state index is 10.9. The molecule has 0 atom stereocenters. The van der Waals surface area contributed by atoms with E-state index >= 15 is 0 Å². The van der Waals surface area contributed by atoms with Crippen molar-refractivity contribution in [1.82, 2.24) is 0 Å². The molecule has 0 aliphatic heterocycles. The lowest BCUT2D eigenvalue weighted by molar-refractivity contribution is 0.0693. The molecule has 0 saturated heterocycles. The summed E-state index contributed by atoms with van der Waals surface area (Å²) in [4.78, 5) is 10.9. The number of methoxy groups -OCH3 is 1. The minimum absolute atomic E-state index is 0.113. The maximum Gasteiger partial charge on any atom is 0.339 e. The molecule has 82 valence electrons. The van der Waals surface area contributed by atoms with Crippen LogP contribution in [0.25, 0.3) is 6.08 Å². The molecular formula is C12H11NO3. The number of rotatable bonds is 4. The second-order valence-electron chi connectivity index (χ2n) is 3.03. The molecule has 0 aliphatic carbocycles. The fraction of sp³-hybridized carbons (Fsp3) is 0.167. The number of nitriles is 1. The summed E-state index contributed by atoms with van der Waals surface area (Å²) in [6.07, 6.45) is 3.68. The van der Waals surface area contributed by atoms with E-state index in [1.807, 2.05) is 6.07 Å². The topological polar surface area (TPSA) is 70.3 Å². The lowest BCUT2D eigenvalue weighted by Gasteiger charge is -2.05. The van der Waals surface area contributed by atoms with Gasteiger partial charge in [0.15, 0.2) is 0 Å². The van der Waals surface area contributed by atoms with Crippen LogP contribution < -0.4 is 4.74 Å². The van der Waals surface area contributed by atoms with E-state index in [1.165, 1.54) is 13.2 Å². The molecule has 0 aromatic heterocycles. The predicted octanol–water partition coefficient (Wildman–Crippen LogP) is 2.32. The van der Waals surface area contributed by atoms with Crippen LogP contribution in [0.15, 0.2) is 24.3 Å². The molecule has 0 unspecified atom stereocenters. The number of hydrogen-bond acceptors (Lipinski definition) is 3. The molecule has 16 heavy (non-hydrogen) atoms. The Kier molecular flexibility index (Phi) is 4.10. The number of allylic oxidation sites excluding steroid dienone is 1. The van der Waals surface area contributed by atoms with Crippen LogP contribution in [-0.4, -0.2) is 18.2 Å². The van der Waals surface area contributed by atoms with Gasteiger partial charge in [-0.25, -0.2) is 4.79 Å². The van der Waals surface area contributed by atoms with Crippen LogP contribution in [0, 0.1) is 11.3 Å². The fourth-order valence-electron chi connectivity index (χ4n) is 1.24. The van der Waals surface area contributed by atoms with Gasteiger partial charge in [0.25, 0.3) is 0 Å². The number of carboxylic acid groups (broad SMARTS) is 1. The Labute approximate surface area is 93.4 Å². The van der Waals surface area contributed by atoms with E-state index < -0.39 is 5.97 Å². The third-order valence-corrected chi connectivity index (χ3v) is 1.97.